The summed E-state index contributed by atoms with van der Waals surface area (Å²) in [7, 11) is 0. The second kappa shape index (κ2) is 9.07. The lowest BCUT2D eigenvalue weighted by molar-refractivity contribution is -0.164. The van der Waals surface area contributed by atoms with Gasteiger partial charge in [0, 0.05) is 0 Å². The Morgan fingerprint density at radius 2 is 2.00 bits per heavy atom. The van der Waals surface area contributed by atoms with Gasteiger partial charge in [0.15, 0.2) is 6.10 Å². The highest BCUT2D eigenvalue weighted by Crippen LogP contribution is 2.06. The van der Waals surface area contributed by atoms with Crippen molar-refractivity contribution in [2.75, 3.05) is 13.2 Å². The zero-order valence-corrected chi connectivity index (χ0v) is 11.0. The first kappa shape index (κ1) is 17.1. The Labute approximate surface area is 111 Å². The topological polar surface area (TPSA) is 93.1 Å². The minimum atomic E-state index is -1.74. The highest BCUT2D eigenvalue weighted by molar-refractivity contribution is 5.99. The first-order valence-electron chi connectivity index (χ1n) is 5.54. The van der Waals surface area contributed by atoms with Crippen LogP contribution in [0.3, 0.4) is 0 Å². The summed E-state index contributed by atoms with van der Waals surface area (Å²) in [6.07, 6.45) is 2.34. The molecule has 19 heavy (non-hydrogen) atoms. The van der Waals surface area contributed by atoms with Crippen LogP contribution < -0.4 is 0 Å². The summed E-state index contributed by atoms with van der Waals surface area (Å²) in [5.41, 5.74) is 0.806. The molecule has 6 heteroatoms. The first-order valence-corrected chi connectivity index (χ1v) is 5.54. The first-order chi connectivity index (χ1) is 8.92. The molecular weight excluding hydrogens is 252 g/mol. The van der Waals surface area contributed by atoms with E-state index >= 15 is 0 Å². The molecule has 0 radical (unpaired) electrons. The second-order valence-electron chi connectivity index (χ2n) is 3.82. The Morgan fingerprint density at radius 1 is 1.37 bits per heavy atom. The number of esters is 2. The summed E-state index contributed by atoms with van der Waals surface area (Å²) in [5, 5.41) is 17.5. The third-order valence-corrected chi connectivity index (χ3v) is 1.74. The molecule has 1 atom stereocenters. The van der Waals surface area contributed by atoms with E-state index in [0.29, 0.717) is 0 Å². The Morgan fingerprint density at radius 3 is 2.47 bits per heavy atom. The fourth-order valence-corrected chi connectivity index (χ4v) is 0.951. The van der Waals surface area contributed by atoms with Crippen molar-refractivity contribution in [1.82, 2.24) is 0 Å². The Hall–Kier alpha value is -1.92. The minimum Gasteiger partial charge on any atom is -0.496 e. The Balaban J connectivity index is 4.82. The van der Waals surface area contributed by atoms with Gasteiger partial charge in [-0.05, 0) is 19.9 Å². The summed E-state index contributed by atoms with van der Waals surface area (Å²) in [4.78, 5) is 22.8. The lowest BCUT2D eigenvalue weighted by Crippen LogP contribution is -2.29. The van der Waals surface area contributed by atoms with Gasteiger partial charge in [-0.25, -0.2) is 9.59 Å². The third kappa shape index (κ3) is 7.17. The fourth-order valence-electron chi connectivity index (χ4n) is 0.951. The molecule has 0 saturated heterocycles. The number of carbonyl (C=O) groups is 2. The summed E-state index contributed by atoms with van der Waals surface area (Å²) < 4.78 is 9.38. The van der Waals surface area contributed by atoms with Gasteiger partial charge in [-0.15, -0.1) is 0 Å². The second-order valence-corrected chi connectivity index (χ2v) is 3.82. The van der Waals surface area contributed by atoms with Crippen molar-refractivity contribution in [3.8, 4) is 0 Å². The van der Waals surface area contributed by atoms with Crippen LogP contribution in [0, 0.1) is 0 Å². The van der Waals surface area contributed by atoms with Crippen molar-refractivity contribution in [3.63, 3.8) is 0 Å². The molecule has 0 fully saturated rings. The molecule has 0 aliphatic carbocycles. The van der Waals surface area contributed by atoms with Crippen LogP contribution in [-0.4, -0.2) is 41.5 Å². The fraction of sp³-hybridized carbons (Fsp3) is 0.385. The van der Waals surface area contributed by atoms with Crippen LogP contribution in [0.25, 0.3) is 0 Å². The predicted molar refractivity (Wildman–Crippen MR) is 67.9 cm³/mol. The van der Waals surface area contributed by atoms with Crippen molar-refractivity contribution in [2.45, 2.75) is 20.0 Å². The van der Waals surface area contributed by atoms with Gasteiger partial charge in [0.05, 0.1) is 18.4 Å². The van der Waals surface area contributed by atoms with E-state index in [-0.39, 0.29) is 12.2 Å². The van der Waals surface area contributed by atoms with Crippen LogP contribution in [0.5, 0.6) is 0 Å². The summed E-state index contributed by atoms with van der Waals surface area (Å²) >= 11 is 0. The molecule has 0 spiro atoms. The van der Waals surface area contributed by atoms with Crippen LogP contribution in [-0.2, 0) is 19.1 Å². The standard InChI is InChI=1S/C13H18O6/c1-4-5-18-8-10(6-9(2)3)12(16)19-13(17)11(15)7-14/h4,6,8,11,14-15H,1,5,7H2,2-3H3/b10-8+. The van der Waals surface area contributed by atoms with Gasteiger partial charge in [0.2, 0.25) is 0 Å². The molecular formula is C13H18O6. The van der Waals surface area contributed by atoms with E-state index < -0.39 is 24.6 Å². The molecule has 0 saturated carbocycles. The maximum absolute atomic E-state index is 11.6. The third-order valence-electron chi connectivity index (χ3n) is 1.74. The van der Waals surface area contributed by atoms with E-state index in [1.54, 1.807) is 13.8 Å². The number of aliphatic hydroxyl groups excluding tert-OH is 2. The van der Waals surface area contributed by atoms with Crippen molar-refractivity contribution in [3.05, 3.63) is 36.1 Å². The molecule has 0 aliphatic rings. The SMILES string of the molecule is C=CCO/C=C(\C=C(C)C)C(=O)OC(=O)C(O)CO. The van der Waals surface area contributed by atoms with Gasteiger partial charge in [-0.1, -0.05) is 18.2 Å². The van der Waals surface area contributed by atoms with Gasteiger partial charge in [-0.2, -0.15) is 0 Å². The average Bonchev–Trinajstić information content (AvgIpc) is 2.36. The molecule has 1 unspecified atom stereocenters. The zero-order valence-electron chi connectivity index (χ0n) is 11.0. The largest absolute Gasteiger partial charge is 0.496 e. The van der Waals surface area contributed by atoms with Crippen molar-refractivity contribution in [1.29, 1.82) is 0 Å². The van der Waals surface area contributed by atoms with E-state index in [4.69, 9.17) is 14.9 Å². The van der Waals surface area contributed by atoms with Gasteiger partial charge >= 0.3 is 11.9 Å². The highest BCUT2D eigenvalue weighted by Gasteiger charge is 2.21. The van der Waals surface area contributed by atoms with Crippen LogP contribution in [0.4, 0.5) is 0 Å². The van der Waals surface area contributed by atoms with Gasteiger partial charge in [0.25, 0.3) is 0 Å². The number of aliphatic hydroxyl groups is 2. The van der Waals surface area contributed by atoms with E-state index in [1.807, 2.05) is 0 Å². The average molecular weight is 270 g/mol. The summed E-state index contributed by atoms with van der Waals surface area (Å²) in [6.45, 7) is 6.32. The highest BCUT2D eigenvalue weighted by atomic mass is 16.6. The minimum absolute atomic E-state index is 0.0142. The van der Waals surface area contributed by atoms with Crippen LogP contribution >= 0.6 is 0 Å². The predicted octanol–water partition coefficient (Wildman–Crippen LogP) is 0.462. The normalized spacial score (nSPS) is 12.3. The van der Waals surface area contributed by atoms with Crippen molar-refractivity contribution < 1.29 is 29.3 Å². The quantitative estimate of drug-likeness (QED) is 0.133. The molecule has 0 heterocycles. The number of hydrogen-bond donors (Lipinski definition) is 2. The molecule has 106 valence electrons. The number of allylic oxidation sites excluding steroid dienone is 1. The zero-order chi connectivity index (χ0) is 14.8. The lowest BCUT2D eigenvalue weighted by Gasteiger charge is -2.07. The van der Waals surface area contributed by atoms with Crippen LogP contribution in [0.15, 0.2) is 36.1 Å². The number of carbonyl (C=O) groups excluding carboxylic acids is 2. The maximum Gasteiger partial charge on any atom is 0.348 e. The monoisotopic (exact) mass is 270 g/mol. The van der Waals surface area contributed by atoms with Crippen LogP contribution in [0.2, 0.25) is 0 Å². The molecule has 6 nitrogen and oxygen atoms in total. The molecule has 2 N–H and O–H groups in total. The Kier molecular flexibility index (Phi) is 8.15. The van der Waals surface area contributed by atoms with E-state index in [2.05, 4.69) is 11.3 Å². The molecule has 0 aromatic heterocycles. The number of ether oxygens (including phenoxy) is 2. The smallest absolute Gasteiger partial charge is 0.348 e. The van der Waals surface area contributed by atoms with Crippen LogP contribution in [0.1, 0.15) is 13.8 Å². The summed E-state index contributed by atoms with van der Waals surface area (Å²) in [5.74, 6) is -2.19. The van der Waals surface area contributed by atoms with E-state index in [9.17, 15) is 9.59 Å². The molecule has 0 aromatic carbocycles. The number of hydrogen-bond acceptors (Lipinski definition) is 6. The molecule has 0 aromatic rings. The van der Waals surface area contributed by atoms with Gasteiger partial charge < -0.3 is 19.7 Å². The summed E-state index contributed by atoms with van der Waals surface area (Å²) in [6, 6.07) is 0. The molecule has 0 bridgehead atoms. The maximum atomic E-state index is 11.6. The molecule has 0 amide bonds. The molecule has 0 aliphatic heterocycles. The number of rotatable bonds is 7. The van der Waals surface area contributed by atoms with E-state index in [1.165, 1.54) is 12.2 Å². The van der Waals surface area contributed by atoms with Crippen molar-refractivity contribution >= 4 is 11.9 Å². The molecule has 0 rings (SSSR count). The van der Waals surface area contributed by atoms with Gasteiger partial charge in [-0.3, -0.25) is 0 Å². The lowest BCUT2D eigenvalue weighted by atomic mass is 10.2. The van der Waals surface area contributed by atoms with Crippen molar-refractivity contribution in [2.24, 2.45) is 0 Å². The Bertz CT molecular complexity index is 390. The van der Waals surface area contributed by atoms with E-state index in [0.717, 1.165) is 11.8 Å². The van der Waals surface area contributed by atoms with Gasteiger partial charge in [0.1, 0.15) is 6.61 Å².